The number of aliphatic hydroxyl groups is 1. The molecule has 136 valence electrons. The van der Waals surface area contributed by atoms with Crippen LogP contribution in [-0.2, 0) is 0 Å². The summed E-state index contributed by atoms with van der Waals surface area (Å²) in [5.74, 6) is 1.43. The number of hydrogen-bond acceptors (Lipinski definition) is 4. The molecule has 0 spiro atoms. The minimum Gasteiger partial charge on any atom is -0.494 e. The molecular weight excluding hydrogens is 314 g/mol. The number of rotatable bonds is 10. The molecule has 25 heavy (non-hydrogen) atoms. The van der Waals surface area contributed by atoms with E-state index in [1.165, 1.54) is 0 Å². The van der Waals surface area contributed by atoms with E-state index >= 15 is 0 Å². The molecule has 0 fully saturated rings. The van der Waals surface area contributed by atoms with E-state index in [1.54, 1.807) is 12.1 Å². The van der Waals surface area contributed by atoms with E-state index < -0.39 is 6.10 Å². The molecule has 4 nitrogen and oxygen atoms in total. The highest BCUT2D eigenvalue weighted by atomic mass is 16.5. The van der Waals surface area contributed by atoms with Crippen LogP contribution in [0.15, 0.2) is 42.5 Å². The molecule has 3 N–H and O–H groups in total. The van der Waals surface area contributed by atoms with Crippen molar-refractivity contribution in [1.82, 2.24) is 0 Å². The molecule has 0 radical (unpaired) electrons. The molecule has 0 saturated carbocycles. The first-order valence-corrected chi connectivity index (χ1v) is 9.08. The Morgan fingerprint density at radius 2 is 1.68 bits per heavy atom. The zero-order valence-corrected chi connectivity index (χ0v) is 15.2. The lowest BCUT2D eigenvalue weighted by molar-refractivity contribution is 0.209. The van der Waals surface area contributed by atoms with Crippen LogP contribution in [0.25, 0.3) is 0 Å². The van der Waals surface area contributed by atoms with Crippen molar-refractivity contribution in [2.24, 2.45) is 0 Å². The highest BCUT2D eigenvalue weighted by Crippen LogP contribution is 2.34. The molecule has 0 aliphatic carbocycles. The van der Waals surface area contributed by atoms with Crippen LogP contribution in [-0.4, -0.2) is 18.3 Å². The molecule has 0 aliphatic heterocycles. The molecule has 2 aromatic rings. The zero-order chi connectivity index (χ0) is 18.1. The minimum absolute atomic E-state index is 0.625. The van der Waals surface area contributed by atoms with E-state index in [0.717, 1.165) is 37.0 Å². The van der Waals surface area contributed by atoms with Crippen LogP contribution in [0, 0.1) is 0 Å². The van der Waals surface area contributed by atoms with Gasteiger partial charge in [0.25, 0.3) is 0 Å². The largest absolute Gasteiger partial charge is 0.494 e. The number of hydrogen-bond donors (Lipinski definition) is 2. The normalized spacial score (nSPS) is 12.0. The van der Waals surface area contributed by atoms with E-state index in [0.29, 0.717) is 30.2 Å². The fourth-order valence-electron chi connectivity index (χ4n) is 2.53. The molecule has 0 heterocycles. The maximum Gasteiger partial charge on any atom is 0.125 e. The smallest absolute Gasteiger partial charge is 0.125 e. The Morgan fingerprint density at radius 1 is 0.960 bits per heavy atom. The summed E-state index contributed by atoms with van der Waals surface area (Å²) in [6, 6.07) is 12.9. The number of ether oxygens (including phenoxy) is 2. The second-order valence-electron chi connectivity index (χ2n) is 6.18. The van der Waals surface area contributed by atoms with Crippen LogP contribution >= 0.6 is 0 Å². The molecule has 4 heteroatoms. The quantitative estimate of drug-likeness (QED) is 0.484. The number of aliphatic hydroxyl groups excluding tert-OH is 1. The lowest BCUT2D eigenvalue weighted by Crippen LogP contribution is -2.07. The Balaban J connectivity index is 2.27. The monoisotopic (exact) mass is 343 g/mol. The van der Waals surface area contributed by atoms with Crippen LogP contribution < -0.4 is 15.2 Å². The van der Waals surface area contributed by atoms with Gasteiger partial charge in [-0.25, -0.2) is 0 Å². The molecule has 2 rings (SSSR count). The summed E-state index contributed by atoms with van der Waals surface area (Å²) in [7, 11) is 0. The third-order valence-electron chi connectivity index (χ3n) is 4.02. The zero-order valence-electron chi connectivity index (χ0n) is 15.2. The second-order valence-corrected chi connectivity index (χ2v) is 6.18. The number of unbranched alkanes of at least 4 members (excludes halogenated alkanes) is 2. The van der Waals surface area contributed by atoms with Crippen LogP contribution in [0.1, 0.15) is 56.8 Å². The van der Waals surface area contributed by atoms with Gasteiger partial charge in [0.1, 0.15) is 17.6 Å². The van der Waals surface area contributed by atoms with Crippen LogP contribution in [0.2, 0.25) is 0 Å². The summed E-state index contributed by atoms with van der Waals surface area (Å²) in [4.78, 5) is 0. The van der Waals surface area contributed by atoms with Crippen molar-refractivity contribution >= 4 is 5.69 Å². The highest BCUT2D eigenvalue weighted by Gasteiger charge is 2.17. The molecule has 0 aliphatic rings. The predicted octanol–water partition coefficient (Wildman–Crippen LogP) is 4.71. The van der Waals surface area contributed by atoms with Crippen molar-refractivity contribution in [3.05, 3.63) is 53.6 Å². The third-order valence-corrected chi connectivity index (χ3v) is 4.02. The van der Waals surface area contributed by atoms with Gasteiger partial charge in [0.2, 0.25) is 0 Å². The maximum absolute atomic E-state index is 10.9. The summed E-state index contributed by atoms with van der Waals surface area (Å²) in [5.41, 5.74) is 7.93. The lowest BCUT2D eigenvalue weighted by Gasteiger charge is -2.18. The molecule has 0 bridgehead atoms. The van der Waals surface area contributed by atoms with E-state index in [9.17, 15) is 5.11 Å². The van der Waals surface area contributed by atoms with Crippen molar-refractivity contribution in [3.63, 3.8) is 0 Å². The number of nitrogen functional groups attached to an aromatic ring is 1. The number of benzene rings is 2. The van der Waals surface area contributed by atoms with Gasteiger partial charge >= 0.3 is 0 Å². The summed E-state index contributed by atoms with van der Waals surface area (Å²) in [6.45, 7) is 5.54. The summed E-state index contributed by atoms with van der Waals surface area (Å²) < 4.78 is 11.7. The fraction of sp³-hybridized carbons (Fsp3) is 0.429. The third kappa shape index (κ3) is 5.68. The van der Waals surface area contributed by atoms with Gasteiger partial charge in [-0.3, -0.25) is 0 Å². The molecule has 1 unspecified atom stereocenters. The van der Waals surface area contributed by atoms with Crippen molar-refractivity contribution in [2.45, 2.75) is 45.6 Å². The van der Waals surface area contributed by atoms with Crippen LogP contribution in [0.3, 0.4) is 0 Å². The summed E-state index contributed by atoms with van der Waals surface area (Å²) >= 11 is 0. The van der Waals surface area contributed by atoms with Crippen LogP contribution in [0.5, 0.6) is 11.5 Å². The fourth-order valence-corrected chi connectivity index (χ4v) is 2.53. The van der Waals surface area contributed by atoms with Gasteiger partial charge in [0.05, 0.1) is 13.2 Å². The molecule has 0 aromatic heterocycles. The Morgan fingerprint density at radius 3 is 2.36 bits per heavy atom. The molecule has 0 amide bonds. The molecule has 2 aromatic carbocycles. The summed E-state index contributed by atoms with van der Waals surface area (Å²) in [6.07, 6.45) is 3.31. The number of anilines is 1. The average molecular weight is 343 g/mol. The molecule has 1 atom stereocenters. The number of nitrogens with two attached hydrogens (primary N) is 1. The Kier molecular flexibility index (Phi) is 7.61. The average Bonchev–Trinajstić information content (AvgIpc) is 2.62. The standard InChI is InChI=1S/C21H29NO3/c1-3-5-12-24-18-10-11-20(25-13-6-4-2)19(15-18)21(23)16-8-7-9-17(22)14-16/h7-11,14-15,21,23H,3-6,12-13,22H2,1-2H3. The first-order chi connectivity index (χ1) is 12.2. The Hall–Kier alpha value is -2.20. The van der Waals surface area contributed by atoms with E-state index in [-0.39, 0.29) is 0 Å². The molecule has 0 saturated heterocycles. The van der Waals surface area contributed by atoms with Gasteiger partial charge in [-0.1, -0.05) is 38.8 Å². The van der Waals surface area contributed by atoms with Crippen molar-refractivity contribution < 1.29 is 14.6 Å². The van der Waals surface area contributed by atoms with Gasteiger partial charge in [-0.2, -0.15) is 0 Å². The topological polar surface area (TPSA) is 64.7 Å². The van der Waals surface area contributed by atoms with Gasteiger partial charge in [0.15, 0.2) is 0 Å². The Labute approximate surface area is 150 Å². The first kappa shape index (κ1) is 19.1. The first-order valence-electron chi connectivity index (χ1n) is 9.08. The van der Waals surface area contributed by atoms with E-state index in [2.05, 4.69) is 13.8 Å². The van der Waals surface area contributed by atoms with Gasteiger partial charge in [-0.15, -0.1) is 0 Å². The predicted molar refractivity (Wildman–Crippen MR) is 102 cm³/mol. The highest BCUT2D eigenvalue weighted by molar-refractivity contribution is 5.48. The minimum atomic E-state index is -0.810. The second kappa shape index (κ2) is 9.94. The van der Waals surface area contributed by atoms with Gasteiger partial charge in [-0.05, 0) is 48.7 Å². The molecular formula is C21H29NO3. The maximum atomic E-state index is 10.9. The summed E-state index contributed by atoms with van der Waals surface area (Å²) in [5, 5.41) is 10.9. The van der Waals surface area contributed by atoms with Gasteiger partial charge < -0.3 is 20.3 Å². The van der Waals surface area contributed by atoms with Crippen molar-refractivity contribution in [2.75, 3.05) is 18.9 Å². The Bertz CT molecular complexity index is 657. The van der Waals surface area contributed by atoms with Gasteiger partial charge in [0, 0.05) is 11.3 Å². The van der Waals surface area contributed by atoms with Crippen LogP contribution in [0.4, 0.5) is 5.69 Å². The van der Waals surface area contributed by atoms with E-state index in [1.807, 2.05) is 30.3 Å². The lowest BCUT2D eigenvalue weighted by atomic mass is 10.00. The SMILES string of the molecule is CCCCOc1ccc(OCCCC)c(C(O)c2cccc(N)c2)c1. The van der Waals surface area contributed by atoms with Crippen molar-refractivity contribution in [1.29, 1.82) is 0 Å². The van der Waals surface area contributed by atoms with Crippen molar-refractivity contribution in [3.8, 4) is 11.5 Å². The van der Waals surface area contributed by atoms with E-state index in [4.69, 9.17) is 15.2 Å².